The molecule has 2 N–H and O–H groups in total. The van der Waals surface area contributed by atoms with Crippen LogP contribution in [-0.4, -0.2) is 28.4 Å². The zero-order chi connectivity index (χ0) is 16.6. The third-order valence-electron chi connectivity index (χ3n) is 3.06. The van der Waals surface area contributed by atoms with Crippen LogP contribution in [-0.2, 0) is 10.1 Å². The number of nitrogens with zero attached hydrogens (tertiary/aromatic N) is 3. The van der Waals surface area contributed by atoms with Crippen molar-refractivity contribution in [1.82, 2.24) is 15.4 Å². The van der Waals surface area contributed by atoms with Gasteiger partial charge in [0, 0.05) is 5.69 Å². The molecule has 3 rings (SSSR count). The summed E-state index contributed by atoms with van der Waals surface area (Å²) in [6, 6.07) is 9.42. The molecule has 0 aliphatic rings. The number of aromatic nitrogens is 3. The maximum absolute atomic E-state index is 11.2. The standard InChI is InChI=1S/C13H8Cl2N4O3S/c14-12-11(13(15)18-19-17-12)16-9-3-1-8-6-10(23(20,21)22)4-2-7(8)5-9/h1-6H,(H,16,19)(H,20,21,22). The van der Waals surface area contributed by atoms with Gasteiger partial charge >= 0.3 is 0 Å². The lowest BCUT2D eigenvalue weighted by atomic mass is 10.1. The highest BCUT2D eigenvalue weighted by molar-refractivity contribution is 7.85. The molecule has 23 heavy (non-hydrogen) atoms. The Bertz CT molecular complexity index is 991. The Hall–Kier alpha value is -2.00. The SMILES string of the molecule is O=S(=O)(O)c1ccc2cc(Nc3c(Cl)nnnc3Cl)ccc2c1. The number of anilines is 2. The van der Waals surface area contributed by atoms with E-state index in [2.05, 4.69) is 20.7 Å². The molecule has 1 heterocycles. The summed E-state index contributed by atoms with van der Waals surface area (Å²) in [5, 5.41) is 15.1. The number of hydrogen-bond acceptors (Lipinski definition) is 6. The fraction of sp³-hybridized carbons (Fsp3) is 0. The summed E-state index contributed by atoms with van der Waals surface area (Å²) in [7, 11) is -4.24. The van der Waals surface area contributed by atoms with Crippen LogP contribution in [0.2, 0.25) is 10.3 Å². The van der Waals surface area contributed by atoms with Gasteiger partial charge in [-0.2, -0.15) is 8.42 Å². The molecule has 0 spiro atoms. The van der Waals surface area contributed by atoms with Gasteiger partial charge in [0.05, 0.1) is 4.90 Å². The summed E-state index contributed by atoms with van der Waals surface area (Å²) < 4.78 is 31.4. The van der Waals surface area contributed by atoms with Crippen LogP contribution in [0.5, 0.6) is 0 Å². The predicted molar refractivity (Wildman–Crippen MR) is 86.9 cm³/mol. The van der Waals surface area contributed by atoms with E-state index in [4.69, 9.17) is 27.8 Å². The monoisotopic (exact) mass is 370 g/mol. The molecule has 0 saturated heterocycles. The van der Waals surface area contributed by atoms with Gasteiger partial charge in [-0.25, -0.2) is 0 Å². The van der Waals surface area contributed by atoms with Crippen molar-refractivity contribution in [1.29, 1.82) is 0 Å². The number of hydrogen-bond donors (Lipinski definition) is 2. The summed E-state index contributed by atoms with van der Waals surface area (Å²) in [5.74, 6) is 0. The minimum atomic E-state index is -4.24. The lowest BCUT2D eigenvalue weighted by Crippen LogP contribution is -1.99. The second-order valence-corrected chi connectivity index (χ2v) is 6.71. The smallest absolute Gasteiger partial charge is 0.294 e. The van der Waals surface area contributed by atoms with Crippen LogP contribution in [0.4, 0.5) is 11.4 Å². The first-order valence-electron chi connectivity index (χ1n) is 6.17. The average molecular weight is 371 g/mol. The van der Waals surface area contributed by atoms with E-state index in [1.54, 1.807) is 24.3 Å². The van der Waals surface area contributed by atoms with Gasteiger partial charge in [0.1, 0.15) is 5.69 Å². The molecule has 2 aromatic carbocycles. The minimum absolute atomic E-state index is 0.0758. The second kappa shape index (κ2) is 5.89. The molecule has 0 fully saturated rings. The number of rotatable bonds is 3. The Balaban J connectivity index is 2.01. The van der Waals surface area contributed by atoms with E-state index >= 15 is 0 Å². The zero-order valence-electron chi connectivity index (χ0n) is 11.2. The molecule has 0 unspecified atom stereocenters. The van der Waals surface area contributed by atoms with Gasteiger partial charge in [-0.15, -0.1) is 10.2 Å². The normalized spacial score (nSPS) is 11.6. The molecule has 0 bridgehead atoms. The molecule has 0 aliphatic carbocycles. The van der Waals surface area contributed by atoms with Crippen LogP contribution >= 0.6 is 23.2 Å². The van der Waals surface area contributed by atoms with Crippen molar-refractivity contribution in [2.24, 2.45) is 0 Å². The van der Waals surface area contributed by atoms with Gasteiger partial charge in [-0.1, -0.05) is 35.3 Å². The number of nitrogens with one attached hydrogen (secondary N) is 1. The number of fused-ring (bicyclic) bond motifs is 1. The van der Waals surface area contributed by atoms with Crippen LogP contribution in [0.15, 0.2) is 41.3 Å². The van der Waals surface area contributed by atoms with Crippen LogP contribution < -0.4 is 5.32 Å². The molecule has 0 atom stereocenters. The topological polar surface area (TPSA) is 105 Å². The Labute approximate surface area is 141 Å². The molecular formula is C13H8Cl2N4O3S. The van der Waals surface area contributed by atoms with Crippen LogP contribution in [0, 0.1) is 0 Å². The van der Waals surface area contributed by atoms with E-state index in [0.29, 0.717) is 16.8 Å². The highest BCUT2D eigenvalue weighted by atomic mass is 35.5. The third kappa shape index (κ3) is 3.35. The van der Waals surface area contributed by atoms with Crippen molar-refractivity contribution in [3.05, 3.63) is 46.7 Å². The Morgan fingerprint density at radius 1 is 0.957 bits per heavy atom. The van der Waals surface area contributed by atoms with E-state index in [9.17, 15) is 8.42 Å². The maximum atomic E-state index is 11.2. The Kier molecular flexibility index (Phi) is 4.07. The summed E-state index contributed by atoms with van der Waals surface area (Å²) in [5.41, 5.74) is 0.966. The van der Waals surface area contributed by atoms with Gasteiger partial charge in [0.2, 0.25) is 0 Å². The largest absolute Gasteiger partial charge is 0.350 e. The fourth-order valence-electron chi connectivity index (χ4n) is 2.00. The Morgan fingerprint density at radius 2 is 1.57 bits per heavy atom. The molecule has 0 amide bonds. The first-order chi connectivity index (χ1) is 10.8. The van der Waals surface area contributed by atoms with Crippen LogP contribution in [0.1, 0.15) is 0 Å². The minimum Gasteiger partial charge on any atom is -0.350 e. The van der Waals surface area contributed by atoms with Crippen molar-refractivity contribution >= 4 is 55.5 Å². The molecule has 118 valence electrons. The highest BCUT2D eigenvalue weighted by Crippen LogP contribution is 2.30. The lowest BCUT2D eigenvalue weighted by molar-refractivity contribution is 0.483. The first kappa shape index (κ1) is 15.9. The maximum Gasteiger partial charge on any atom is 0.294 e. The van der Waals surface area contributed by atoms with E-state index in [0.717, 1.165) is 5.39 Å². The number of halogens is 2. The summed E-state index contributed by atoms with van der Waals surface area (Å²) in [6.07, 6.45) is 0. The van der Waals surface area contributed by atoms with Crippen molar-refractivity contribution in [3.63, 3.8) is 0 Å². The van der Waals surface area contributed by atoms with Gasteiger partial charge in [0.15, 0.2) is 10.3 Å². The molecule has 10 heteroatoms. The molecule has 3 aromatic rings. The van der Waals surface area contributed by atoms with E-state index in [1.165, 1.54) is 12.1 Å². The summed E-state index contributed by atoms with van der Waals surface area (Å²) >= 11 is 11.8. The summed E-state index contributed by atoms with van der Waals surface area (Å²) in [6.45, 7) is 0. The van der Waals surface area contributed by atoms with Crippen LogP contribution in [0.25, 0.3) is 10.8 Å². The molecule has 0 saturated carbocycles. The molecule has 7 nitrogen and oxygen atoms in total. The van der Waals surface area contributed by atoms with E-state index in [1.807, 2.05) is 0 Å². The number of benzene rings is 2. The quantitative estimate of drug-likeness (QED) is 0.681. The van der Waals surface area contributed by atoms with E-state index in [-0.39, 0.29) is 15.2 Å². The zero-order valence-corrected chi connectivity index (χ0v) is 13.6. The van der Waals surface area contributed by atoms with Crippen molar-refractivity contribution < 1.29 is 13.0 Å². The van der Waals surface area contributed by atoms with Crippen molar-refractivity contribution in [2.45, 2.75) is 4.90 Å². The molecule has 1 aromatic heterocycles. The highest BCUT2D eigenvalue weighted by Gasteiger charge is 2.12. The molecule has 0 radical (unpaired) electrons. The molecular weight excluding hydrogens is 363 g/mol. The molecule has 0 aliphatic heterocycles. The van der Waals surface area contributed by atoms with Crippen molar-refractivity contribution in [3.8, 4) is 0 Å². The Morgan fingerprint density at radius 3 is 2.22 bits per heavy atom. The van der Waals surface area contributed by atoms with Gasteiger partial charge < -0.3 is 5.32 Å². The van der Waals surface area contributed by atoms with Gasteiger partial charge in [-0.3, -0.25) is 4.55 Å². The lowest BCUT2D eigenvalue weighted by Gasteiger charge is -2.09. The van der Waals surface area contributed by atoms with Crippen LogP contribution in [0.3, 0.4) is 0 Å². The average Bonchev–Trinajstić information content (AvgIpc) is 2.49. The van der Waals surface area contributed by atoms with Gasteiger partial charge in [-0.05, 0) is 40.3 Å². The third-order valence-corrected chi connectivity index (χ3v) is 4.44. The second-order valence-electron chi connectivity index (χ2n) is 4.57. The predicted octanol–water partition coefficient (Wildman–Crippen LogP) is 3.32. The fourth-order valence-corrected chi connectivity index (χ4v) is 2.90. The summed E-state index contributed by atoms with van der Waals surface area (Å²) in [4.78, 5) is -0.167. The van der Waals surface area contributed by atoms with Crippen molar-refractivity contribution in [2.75, 3.05) is 5.32 Å². The van der Waals surface area contributed by atoms with E-state index < -0.39 is 10.1 Å². The first-order valence-corrected chi connectivity index (χ1v) is 8.37. The van der Waals surface area contributed by atoms with Gasteiger partial charge in [0.25, 0.3) is 10.1 Å².